The molecule has 0 bridgehead atoms. The molecule has 2 unspecified atom stereocenters. The monoisotopic (exact) mass is 383 g/mol. The first kappa shape index (κ1) is 19.0. The Bertz CT molecular complexity index is 908. The number of benzene rings is 2. The average molecular weight is 384 g/mol. The van der Waals surface area contributed by atoms with Gasteiger partial charge in [-0.3, -0.25) is 4.79 Å². The molecule has 5 nitrogen and oxygen atoms in total. The fourth-order valence-corrected chi connectivity index (χ4v) is 2.98. The molecule has 27 heavy (non-hydrogen) atoms. The van der Waals surface area contributed by atoms with Gasteiger partial charge in [0.2, 0.25) is 0 Å². The topological polar surface area (TPSA) is 56.1 Å². The largest absolute Gasteiger partial charge is 0.481 e. The van der Waals surface area contributed by atoms with Crippen molar-refractivity contribution >= 4 is 17.5 Å². The molecular weight excluding hydrogens is 362 g/mol. The zero-order valence-electron chi connectivity index (χ0n) is 15.5. The summed E-state index contributed by atoms with van der Waals surface area (Å²) < 4.78 is 7.71. The number of carbonyl (C=O) groups excluding carboxylic acids is 1. The van der Waals surface area contributed by atoms with E-state index in [-0.39, 0.29) is 11.9 Å². The number of rotatable bonds is 6. The van der Waals surface area contributed by atoms with Crippen LogP contribution in [0.2, 0.25) is 5.02 Å². The van der Waals surface area contributed by atoms with Gasteiger partial charge in [0.15, 0.2) is 6.10 Å². The molecule has 0 radical (unpaired) electrons. The molecule has 140 valence electrons. The molecule has 0 aliphatic carbocycles. The van der Waals surface area contributed by atoms with E-state index in [0.717, 1.165) is 16.8 Å². The minimum absolute atomic E-state index is 0.133. The van der Waals surface area contributed by atoms with Gasteiger partial charge in [-0.15, -0.1) is 0 Å². The number of halogens is 1. The van der Waals surface area contributed by atoms with Crippen LogP contribution >= 0.6 is 11.6 Å². The van der Waals surface area contributed by atoms with Crippen molar-refractivity contribution < 1.29 is 9.53 Å². The molecule has 3 aromatic rings. The Hall–Kier alpha value is -2.79. The first-order chi connectivity index (χ1) is 12.9. The van der Waals surface area contributed by atoms with Gasteiger partial charge < -0.3 is 14.6 Å². The third-order valence-corrected chi connectivity index (χ3v) is 4.60. The molecule has 2 atom stereocenters. The molecular formula is C21H22ClN3O2. The molecule has 0 spiro atoms. The summed E-state index contributed by atoms with van der Waals surface area (Å²) in [5.74, 6) is 0.481. The van der Waals surface area contributed by atoms with Crippen LogP contribution in [0, 0.1) is 6.92 Å². The van der Waals surface area contributed by atoms with Crippen molar-refractivity contribution in [2.75, 3.05) is 0 Å². The van der Waals surface area contributed by atoms with E-state index in [1.807, 2.05) is 54.9 Å². The van der Waals surface area contributed by atoms with Gasteiger partial charge in [-0.2, -0.15) is 0 Å². The molecule has 1 heterocycles. The molecule has 3 rings (SSSR count). The summed E-state index contributed by atoms with van der Waals surface area (Å²) in [7, 11) is 0. The fourth-order valence-electron chi connectivity index (χ4n) is 2.75. The quantitative estimate of drug-likeness (QED) is 0.682. The minimum Gasteiger partial charge on any atom is -0.481 e. The lowest BCUT2D eigenvalue weighted by molar-refractivity contribution is -0.127. The highest BCUT2D eigenvalue weighted by atomic mass is 35.5. The van der Waals surface area contributed by atoms with Gasteiger partial charge >= 0.3 is 0 Å². The lowest BCUT2D eigenvalue weighted by atomic mass is 10.1. The normalized spacial score (nSPS) is 13.0. The summed E-state index contributed by atoms with van der Waals surface area (Å²) in [6.45, 7) is 5.58. The van der Waals surface area contributed by atoms with Crippen LogP contribution in [0.4, 0.5) is 0 Å². The van der Waals surface area contributed by atoms with E-state index in [0.29, 0.717) is 10.8 Å². The van der Waals surface area contributed by atoms with Crippen molar-refractivity contribution in [1.29, 1.82) is 0 Å². The smallest absolute Gasteiger partial charge is 0.261 e. The summed E-state index contributed by atoms with van der Waals surface area (Å²) in [5, 5.41) is 3.64. The Labute approximate surface area is 164 Å². The highest BCUT2D eigenvalue weighted by Gasteiger charge is 2.18. The molecule has 0 aliphatic heterocycles. The van der Waals surface area contributed by atoms with E-state index < -0.39 is 6.10 Å². The summed E-state index contributed by atoms with van der Waals surface area (Å²) in [6.07, 6.45) is 4.76. The first-order valence-corrected chi connectivity index (χ1v) is 9.13. The van der Waals surface area contributed by atoms with Gasteiger partial charge in [0.05, 0.1) is 12.4 Å². The summed E-state index contributed by atoms with van der Waals surface area (Å²) in [4.78, 5) is 16.5. The van der Waals surface area contributed by atoms with Crippen LogP contribution in [0.3, 0.4) is 0 Å². The minimum atomic E-state index is -0.613. The number of aryl methyl sites for hydroxylation is 1. The summed E-state index contributed by atoms with van der Waals surface area (Å²) in [6, 6.07) is 13.2. The number of nitrogens with one attached hydrogen (secondary N) is 1. The second-order valence-corrected chi connectivity index (χ2v) is 6.90. The number of nitrogens with zero attached hydrogens (tertiary/aromatic N) is 2. The maximum Gasteiger partial charge on any atom is 0.261 e. The van der Waals surface area contributed by atoms with Gasteiger partial charge in [0.1, 0.15) is 5.75 Å². The zero-order valence-corrected chi connectivity index (χ0v) is 16.3. The van der Waals surface area contributed by atoms with Crippen LogP contribution in [0.1, 0.15) is 31.0 Å². The Morgan fingerprint density at radius 1 is 1.19 bits per heavy atom. The predicted molar refractivity (Wildman–Crippen MR) is 106 cm³/mol. The number of hydrogen-bond acceptors (Lipinski definition) is 3. The van der Waals surface area contributed by atoms with Crippen molar-refractivity contribution in [2.45, 2.75) is 32.9 Å². The van der Waals surface area contributed by atoms with Gasteiger partial charge in [-0.1, -0.05) is 23.7 Å². The van der Waals surface area contributed by atoms with Crippen LogP contribution in [0.15, 0.2) is 61.2 Å². The number of hydrogen-bond donors (Lipinski definition) is 1. The number of aromatic nitrogens is 2. The van der Waals surface area contributed by atoms with E-state index in [1.165, 1.54) is 0 Å². The Morgan fingerprint density at radius 2 is 1.93 bits per heavy atom. The molecule has 0 saturated heterocycles. The Kier molecular flexibility index (Phi) is 5.81. The second-order valence-electron chi connectivity index (χ2n) is 6.46. The van der Waals surface area contributed by atoms with Gasteiger partial charge in [0.25, 0.3) is 5.91 Å². The van der Waals surface area contributed by atoms with Crippen LogP contribution in [0.5, 0.6) is 5.75 Å². The van der Waals surface area contributed by atoms with Crippen molar-refractivity contribution in [2.24, 2.45) is 0 Å². The lowest BCUT2D eigenvalue weighted by Gasteiger charge is -2.20. The van der Waals surface area contributed by atoms with E-state index in [1.54, 1.807) is 31.6 Å². The Morgan fingerprint density at radius 3 is 2.56 bits per heavy atom. The maximum absolute atomic E-state index is 12.5. The SMILES string of the molecule is Cc1cc(Cl)ccc1OC(C)C(=O)NC(C)c1ccc(-n2ccnc2)cc1. The third-order valence-electron chi connectivity index (χ3n) is 4.36. The molecule has 0 aliphatic rings. The number of amides is 1. The number of ether oxygens (including phenoxy) is 1. The summed E-state index contributed by atoms with van der Waals surface area (Å²) in [5.41, 5.74) is 2.93. The van der Waals surface area contributed by atoms with E-state index >= 15 is 0 Å². The number of imidazole rings is 1. The zero-order chi connectivity index (χ0) is 19.4. The second kappa shape index (κ2) is 8.27. The molecule has 2 aromatic carbocycles. The van der Waals surface area contributed by atoms with Gasteiger partial charge in [-0.25, -0.2) is 4.98 Å². The van der Waals surface area contributed by atoms with Crippen molar-refractivity contribution in [3.63, 3.8) is 0 Å². The van der Waals surface area contributed by atoms with E-state index in [4.69, 9.17) is 16.3 Å². The van der Waals surface area contributed by atoms with Crippen LogP contribution in [-0.4, -0.2) is 21.6 Å². The van der Waals surface area contributed by atoms with Crippen LogP contribution in [-0.2, 0) is 4.79 Å². The molecule has 6 heteroatoms. The lowest BCUT2D eigenvalue weighted by Crippen LogP contribution is -2.37. The first-order valence-electron chi connectivity index (χ1n) is 8.75. The summed E-state index contributed by atoms with van der Waals surface area (Å²) >= 11 is 5.96. The maximum atomic E-state index is 12.5. The molecule has 0 fully saturated rings. The molecule has 1 amide bonds. The van der Waals surface area contributed by atoms with Crippen molar-refractivity contribution in [3.8, 4) is 11.4 Å². The standard InChI is InChI=1S/C21H22ClN3O2/c1-14-12-18(22)6-9-20(14)27-16(3)21(26)24-15(2)17-4-7-19(8-5-17)25-11-10-23-13-25/h4-13,15-16H,1-3H3,(H,24,26). The predicted octanol–water partition coefficient (Wildman–Crippen LogP) is 4.48. The highest BCUT2D eigenvalue weighted by Crippen LogP contribution is 2.23. The third kappa shape index (κ3) is 4.68. The van der Waals surface area contributed by atoms with Crippen LogP contribution < -0.4 is 10.1 Å². The van der Waals surface area contributed by atoms with Gasteiger partial charge in [0, 0.05) is 23.1 Å². The molecule has 0 saturated carbocycles. The van der Waals surface area contributed by atoms with E-state index in [2.05, 4.69) is 10.3 Å². The van der Waals surface area contributed by atoms with Crippen molar-refractivity contribution in [1.82, 2.24) is 14.9 Å². The highest BCUT2D eigenvalue weighted by molar-refractivity contribution is 6.30. The van der Waals surface area contributed by atoms with Crippen LogP contribution in [0.25, 0.3) is 5.69 Å². The van der Waals surface area contributed by atoms with Crippen molar-refractivity contribution in [3.05, 3.63) is 77.3 Å². The molecule has 1 N–H and O–H groups in total. The molecule has 1 aromatic heterocycles. The number of carbonyl (C=O) groups is 1. The van der Waals surface area contributed by atoms with Gasteiger partial charge in [-0.05, 0) is 62.2 Å². The fraction of sp³-hybridized carbons (Fsp3) is 0.238. The van der Waals surface area contributed by atoms with E-state index in [9.17, 15) is 4.79 Å². The average Bonchev–Trinajstić information content (AvgIpc) is 3.18. The Balaban J connectivity index is 1.61.